The van der Waals surface area contributed by atoms with Crippen LogP contribution < -0.4 is 10.5 Å². The van der Waals surface area contributed by atoms with E-state index in [-0.39, 0.29) is 24.5 Å². The van der Waals surface area contributed by atoms with Crippen molar-refractivity contribution in [3.05, 3.63) is 56.6 Å². The van der Waals surface area contributed by atoms with E-state index in [1.54, 1.807) is 17.7 Å². The fourth-order valence-electron chi connectivity index (χ4n) is 4.41. The summed E-state index contributed by atoms with van der Waals surface area (Å²) in [5.41, 5.74) is 1.60. The Labute approximate surface area is 202 Å². The molecular formula is C25H30N4O4S. The summed E-state index contributed by atoms with van der Waals surface area (Å²) < 4.78 is 6.88. The fraction of sp³-hybridized carbons (Fsp3) is 0.440. The molecule has 0 spiro atoms. The maximum Gasteiger partial charge on any atom is 0.310 e. The van der Waals surface area contributed by atoms with Crippen molar-refractivity contribution in [2.45, 2.75) is 39.7 Å². The van der Waals surface area contributed by atoms with Crippen LogP contribution in [0.5, 0.6) is 0 Å². The van der Waals surface area contributed by atoms with Gasteiger partial charge in [-0.1, -0.05) is 19.4 Å². The molecule has 8 nitrogen and oxygen atoms in total. The second-order valence-electron chi connectivity index (χ2n) is 8.25. The number of aryl methyl sites for hydroxylation is 1. The highest BCUT2D eigenvalue weighted by molar-refractivity contribution is 7.12. The van der Waals surface area contributed by atoms with Gasteiger partial charge < -0.3 is 14.5 Å². The standard InChI is InChI=1S/C25H30N4O4S/c1-3-5-11-29-23-18(8-6-10-26-23)22(19(24(29)31)17-21(30)33-4-2)27-12-14-28(15-13-27)25(32)20-9-7-16-34-20/h6-10,16H,3-5,11-15,17H2,1-2H3. The van der Waals surface area contributed by atoms with E-state index < -0.39 is 5.97 Å². The van der Waals surface area contributed by atoms with Gasteiger partial charge >= 0.3 is 5.97 Å². The quantitative estimate of drug-likeness (QED) is 0.458. The summed E-state index contributed by atoms with van der Waals surface area (Å²) in [7, 11) is 0. The number of thiophene rings is 1. The SMILES string of the molecule is CCCCn1c(=O)c(CC(=O)OCC)c(N2CCN(C(=O)c3cccs3)CC2)c2cccnc21. The zero-order valence-electron chi connectivity index (χ0n) is 19.7. The van der Waals surface area contributed by atoms with Gasteiger partial charge in [-0.2, -0.15) is 0 Å². The van der Waals surface area contributed by atoms with Gasteiger partial charge in [-0.3, -0.25) is 19.0 Å². The molecule has 4 rings (SSSR count). The summed E-state index contributed by atoms with van der Waals surface area (Å²) >= 11 is 1.44. The number of fused-ring (bicyclic) bond motifs is 1. The molecule has 3 aromatic heterocycles. The number of hydrogen-bond donors (Lipinski definition) is 0. The van der Waals surface area contributed by atoms with Crippen LogP contribution in [0, 0.1) is 0 Å². The van der Waals surface area contributed by atoms with Gasteiger partial charge in [-0.15, -0.1) is 11.3 Å². The molecule has 0 atom stereocenters. The van der Waals surface area contributed by atoms with Crippen molar-refractivity contribution in [1.29, 1.82) is 0 Å². The fourth-order valence-corrected chi connectivity index (χ4v) is 5.10. The number of piperazine rings is 1. The van der Waals surface area contributed by atoms with Gasteiger partial charge in [0.15, 0.2) is 0 Å². The second-order valence-corrected chi connectivity index (χ2v) is 9.20. The number of carbonyl (C=O) groups is 2. The number of esters is 1. The Balaban J connectivity index is 1.73. The van der Waals surface area contributed by atoms with Gasteiger partial charge in [0.25, 0.3) is 11.5 Å². The summed E-state index contributed by atoms with van der Waals surface area (Å²) in [6.45, 7) is 6.84. The van der Waals surface area contributed by atoms with E-state index in [0.717, 1.165) is 28.8 Å². The monoisotopic (exact) mass is 482 g/mol. The number of anilines is 1. The molecule has 1 fully saturated rings. The van der Waals surface area contributed by atoms with Crippen LogP contribution in [0.15, 0.2) is 40.6 Å². The van der Waals surface area contributed by atoms with E-state index in [1.807, 2.05) is 34.5 Å². The van der Waals surface area contributed by atoms with Crippen molar-refractivity contribution in [1.82, 2.24) is 14.5 Å². The van der Waals surface area contributed by atoms with Crippen molar-refractivity contribution < 1.29 is 14.3 Å². The summed E-state index contributed by atoms with van der Waals surface area (Å²) in [5.74, 6) is -0.388. The van der Waals surface area contributed by atoms with Crippen LogP contribution in [0.1, 0.15) is 41.9 Å². The lowest BCUT2D eigenvalue weighted by Crippen LogP contribution is -2.49. The van der Waals surface area contributed by atoms with Crippen molar-refractivity contribution >= 4 is 39.9 Å². The average molecular weight is 483 g/mol. The average Bonchev–Trinajstić information content (AvgIpc) is 3.39. The Morgan fingerprint density at radius 1 is 1.12 bits per heavy atom. The van der Waals surface area contributed by atoms with Gasteiger partial charge in [-0.25, -0.2) is 4.98 Å². The zero-order valence-corrected chi connectivity index (χ0v) is 20.5. The molecule has 34 heavy (non-hydrogen) atoms. The molecule has 4 heterocycles. The molecule has 0 N–H and O–H groups in total. The van der Waals surface area contributed by atoms with Crippen molar-refractivity contribution in [3.8, 4) is 0 Å². The molecule has 0 radical (unpaired) electrons. The van der Waals surface area contributed by atoms with Gasteiger partial charge in [0.05, 0.1) is 29.2 Å². The highest BCUT2D eigenvalue weighted by Gasteiger charge is 2.28. The molecular weight excluding hydrogens is 452 g/mol. The first kappa shape index (κ1) is 23.9. The number of rotatable bonds is 8. The highest BCUT2D eigenvalue weighted by Crippen LogP contribution is 2.30. The first-order chi connectivity index (χ1) is 16.5. The van der Waals surface area contributed by atoms with Gasteiger partial charge in [-0.05, 0) is 36.9 Å². The van der Waals surface area contributed by atoms with Crippen LogP contribution in [-0.2, 0) is 22.5 Å². The number of aromatic nitrogens is 2. The molecule has 1 aliphatic heterocycles. The van der Waals surface area contributed by atoms with E-state index in [9.17, 15) is 14.4 Å². The highest BCUT2D eigenvalue weighted by atomic mass is 32.1. The van der Waals surface area contributed by atoms with Gasteiger partial charge in [0.1, 0.15) is 5.65 Å². The molecule has 1 saturated heterocycles. The van der Waals surface area contributed by atoms with Crippen LogP contribution in [0.25, 0.3) is 11.0 Å². The number of hydrogen-bond acceptors (Lipinski definition) is 7. The smallest absolute Gasteiger partial charge is 0.310 e. The Morgan fingerprint density at radius 2 is 1.91 bits per heavy atom. The maximum atomic E-state index is 13.6. The molecule has 1 amide bonds. The Bertz CT molecular complexity index is 1210. The predicted molar refractivity (Wildman–Crippen MR) is 134 cm³/mol. The van der Waals surface area contributed by atoms with Crippen molar-refractivity contribution in [2.24, 2.45) is 0 Å². The van der Waals surface area contributed by atoms with Crippen molar-refractivity contribution in [3.63, 3.8) is 0 Å². The zero-order chi connectivity index (χ0) is 24.1. The van der Waals surface area contributed by atoms with E-state index in [4.69, 9.17) is 4.74 Å². The molecule has 0 saturated carbocycles. The third kappa shape index (κ3) is 4.84. The molecule has 9 heteroatoms. The number of pyridine rings is 2. The molecule has 180 valence electrons. The minimum absolute atomic E-state index is 0.0305. The number of ether oxygens (including phenoxy) is 1. The normalized spacial score (nSPS) is 13.9. The molecule has 0 bridgehead atoms. The summed E-state index contributed by atoms with van der Waals surface area (Å²) in [6.07, 6.45) is 3.38. The first-order valence-corrected chi connectivity index (χ1v) is 12.7. The van der Waals surface area contributed by atoms with Gasteiger partial charge in [0, 0.05) is 44.3 Å². The van der Waals surface area contributed by atoms with Crippen LogP contribution in [0.3, 0.4) is 0 Å². The van der Waals surface area contributed by atoms with Crippen LogP contribution >= 0.6 is 11.3 Å². The van der Waals surface area contributed by atoms with E-state index >= 15 is 0 Å². The van der Waals surface area contributed by atoms with Crippen LogP contribution in [0.4, 0.5) is 5.69 Å². The van der Waals surface area contributed by atoms with Crippen LogP contribution in [0.2, 0.25) is 0 Å². The Hall–Kier alpha value is -3.20. The third-order valence-electron chi connectivity index (χ3n) is 6.06. The van der Waals surface area contributed by atoms with Gasteiger partial charge in [0.2, 0.25) is 0 Å². The topological polar surface area (TPSA) is 84.7 Å². The first-order valence-electron chi connectivity index (χ1n) is 11.8. The lowest BCUT2D eigenvalue weighted by molar-refractivity contribution is -0.142. The van der Waals surface area contributed by atoms with Crippen LogP contribution in [-0.4, -0.2) is 59.1 Å². The summed E-state index contributed by atoms with van der Waals surface area (Å²) in [6, 6.07) is 7.52. The Morgan fingerprint density at radius 3 is 2.59 bits per heavy atom. The molecule has 3 aromatic rings. The number of carbonyl (C=O) groups excluding carboxylic acids is 2. The van der Waals surface area contributed by atoms with E-state index in [1.165, 1.54) is 11.3 Å². The second kappa shape index (κ2) is 10.8. The van der Waals surface area contributed by atoms with Crippen molar-refractivity contribution in [2.75, 3.05) is 37.7 Å². The minimum Gasteiger partial charge on any atom is -0.466 e. The molecule has 0 unspecified atom stereocenters. The number of nitrogens with zero attached hydrogens (tertiary/aromatic N) is 4. The predicted octanol–water partition coefficient (Wildman–Crippen LogP) is 3.33. The number of amides is 1. The number of unbranched alkanes of at least 4 members (excludes halogenated alkanes) is 1. The molecule has 0 aliphatic carbocycles. The minimum atomic E-state index is -0.419. The lowest BCUT2D eigenvalue weighted by Gasteiger charge is -2.37. The summed E-state index contributed by atoms with van der Waals surface area (Å²) in [5, 5.41) is 2.74. The summed E-state index contributed by atoms with van der Waals surface area (Å²) in [4.78, 5) is 48.1. The largest absolute Gasteiger partial charge is 0.466 e. The molecule has 0 aromatic carbocycles. The maximum absolute atomic E-state index is 13.6. The van der Waals surface area contributed by atoms with E-state index in [2.05, 4.69) is 16.8 Å². The third-order valence-corrected chi connectivity index (χ3v) is 6.92. The molecule has 1 aliphatic rings. The Kier molecular flexibility index (Phi) is 7.62. The van der Waals surface area contributed by atoms with E-state index in [0.29, 0.717) is 43.9 Å². The lowest BCUT2D eigenvalue weighted by atomic mass is 10.1.